The Hall–Kier alpha value is -2.95. The molecule has 3 N–H and O–H groups in total. The van der Waals surface area contributed by atoms with Crippen LogP contribution in [0, 0.1) is 11.6 Å². The molecule has 0 radical (unpaired) electrons. The molecule has 2 aromatic carbocycles. The van der Waals surface area contributed by atoms with Crippen molar-refractivity contribution in [2.75, 3.05) is 36.3 Å². The number of sulfonamides is 1. The molecule has 1 heterocycles. The average molecular weight is 511 g/mol. The number of anilines is 2. The molecule has 0 spiro atoms. The zero-order valence-electron chi connectivity index (χ0n) is 18.7. The van der Waals surface area contributed by atoms with Gasteiger partial charge in [-0.3, -0.25) is 4.72 Å². The molecule has 0 atom stereocenters. The van der Waals surface area contributed by atoms with Crippen LogP contribution < -0.4 is 15.2 Å². The van der Waals surface area contributed by atoms with Crippen LogP contribution in [0.25, 0.3) is 11.1 Å². The van der Waals surface area contributed by atoms with E-state index >= 15 is 0 Å². The minimum atomic E-state index is -3.54. The number of nitrogens with zero attached hydrogens (tertiary/aromatic N) is 2. The van der Waals surface area contributed by atoms with Crippen LogP contribution >= 0.6 is 11.6 Å². The number of halogens is 3. The maximum atomic E-state index is 14.0. The first-order chi connectivity index (χ1) is 16.1. The lowest BCUT2D eigenvalue weighted by molar-refractivity contribution is 0.300. The van der Waals surface area contributed by atoms with Crippen LogP contribution in [0.2, 0.25) is 5.02 Å². The first-order valence-corrected chi connectivity index (χ1v) is 12.4. The summed E-state index contributed by atoms with van der Waals surface area (Å²) < 4.78 is 60.7. The summed E-state index contributed by atoms with van der Waals surface area (Å²) in [6, 6.07) is 10.2. The zero-order chi connectivity index (χ0) is 24.9. The van der Waals surface area contributed by atoms with Crippen molar-refractivity contribution < 1.29 is 21.9 Å². The highest BCUT2D eigenvalue weighted by atomic mass is 35.5. The van der Waals surface area contributed by atoms with Crippen LogP contribution in [0.1, 0.15) is 12.5 Å². The summed E-state index contributed by atoms with van der Waals surface area (Å²) in [6.45, 7) is 2.75. The molecule has 0 unspecified atom stereocenters. The molecule has 11 heteroatoms. The Balaban J connectivity index is 1.79. The summed E-state index contributed by atoms with van der Waals surface area (Å²) in [5.41, 5.74) is 7.37. The van der Waals surface area contributed by atoms with Crippen LogP contribution in [0.5, 0.6) is 5.75 Å². The van der Waals surface area contributed by atoms with Crippen molar-refractivity contribution in [2.24, 2.45) is 0 Å². The zero-order valence-corrected chi connectivity index (χ0v) is 20.3. The van der Waals surface area contributed by atoms with Crippen molar-refractivity contribution >= 4 is 33.1 Å². The monoisotopic (exact) mass is 510 g/mol. The number of ether oxygens (including phenoxy) is 1. The summed E-state index contributed by atoms with van der Waals surface area (Å²) in [4.78, 5) is 6.00. The van der Waals surface area contributed by atoms with E-state index in [1.807, 2.05) is 18.9 Å². The highest BCUT2D eigenvalue weighted by molar-refractivity contribution is 7.92. The van der Waals surface area contributed by atoms with E-state index < -0.39 is 21.7 Å². The number of hydrogen-bond donors (Lipinski definition) is 2. The molecule has 0 saturated carbocycles. The van der Waals surface area contributed by atoms with Crippen LogP contribution in [0.3, 0.4) is 0 Å². The first kappa shape index (κ1) is 25.7. The fourth-order valence-corrected chi connectivity index (χ4v) is 4.35. The Morgan fingerprint density at radius 3 is 2.62 bits per heavy atom. The lowest BCUT2D eigenvalue weighted by Gasteiger charge is -2.15. The van der Waals surface area contributed by atoms with Gasteiger partial charge in [-0.1, -0.05) is 30.7 Å². The minimum absolute atomic E-state index is 0.0395. The number of pyridine rings is 1. The smallest absolute Gasteiger partial charge is 0.233 e. The van der Waals surface area contributed by atoms with Gasteiger partial charge in [0.05, 0.1) is 10.8 Å². The number of benzene rings is 2. The van der Waals surface area contributed by atoms with Crippen LogP contribution in [0.4, 0.5) is 20.3 Å². The van der Waals surface area contributed by atoms with E-state index in [9.17, 15) is 17.2 Å². The van der Waals surface area contributed by atoms with E-state index in [4.69, 9.17) is 22.1 Å². The predicted octanol–water partition coefficient (Wildman–Crippen LogP) is 4.53. The van der Waals surface area contributed by atoms with Crippen LogP contribution in [-0.4, -0.2) is 44.2 Å². The summed E-state index contributed by atoms with van der Waals surface area (Å²) in [7, 11) is -1.69. The van der Waals surface area contributed by atoms with Crippen LogP contribution in [0.15, 0.2) is 48.7 Å². The predicted molar refractivity (Wildman–Crippen MR) is 130 cm³/mol. The molecule has 7 nitrogen and oxygen atoms in total. The Labute approximate surface area is 202 Å². The van der Waals surface area contributed by atoms with Crippen molar-refractivity contribution in [3.8, 4) is 16.9 Å². The van der Waals surface area contributed by atoms with Crippen molar-refractivity contribution in [3.05, 3.63) is 70.9 Å². The highest BCUT2D eigenvalue weighted by Crippen LogP contribution is 2.31. The molecule has 3 aromatic rings. The van der Waals surface area contributed by atoms with Gasteiger partial charge >= 0.3 is 0 Å². The maximum absolute atomic E-state index is 14.0. The summed E-state index contributed by atoms with van der Waals surface area (Å²) >= 11 is 5.85. The Kier molecular flexibility index (Phi) is 8.29. The van der Waals surface area contributed by atoms with Crippen molar-refractivity contribution in [2.45, 2.75) is 13.5 Å². The molecular weight excluding hydrogens is 486 g/mol. The lowest BCUT2D eigenvalue weighted by atomic mass is 10.1. The van der Waals surface area contributed by atoms with Gasteiger partial charge in [-0.25, -0.2) is 22.2 Å². The molecule has 34 heavy (non-hydrogen) atoms. The van der Waals surface area contributed by atoms with Crippen molar-refractivity contribution in [1.29, 1.82) is 0 Å². The summed E-state index contributed by atoms with van der Waals surface area (Å²) in [6.07, 6.45) is 1.50. The molecule has 3 rings (SSSR count). The number of nitrogen functional groups attached to an aromatic ring is 1. The number of hydrogen-bond acceptors (Lipinski definition) is 6. The minimum Gasteiger partial charge on any atom is -0.485 e. The van der Waals surface area contributed by atoms with Gasteiger partial charge < -0.3 is 15.4 Å². The Morgan fingerprint density at radius 1 is 1.15 bits per heavy atom. The maximum Gasteiger partial charge on any atom is 0.233 e. The van der Waals surface area contributed by atoms with E-state index in [0.29, 0.717) is 23.4 Å². The second-order valence-corrected chi connectivity index (χ2v) is 9.84. The quantitative estimate of drug-likeness (QED) is 0.389. The first-order valence-electron chi connectivity index (χ1n) is 10.4. The Bertz CT molecular complexity index is 1280. The molecule has 0 aliphatic carbocycles. The van der Waals surface area contributed by atoms with Gasteiger partial charge in [-0.2, -0.15) is 0 Å². The molecule has 0 bridgehead atoms. The van der Waals surface area contributed by atoms with Gasteiger partial charge in [0.15, 0.2) is 11.6 Å². The number of nitrogens with two attached hydrogens (primary N) is 1. The molecule has 0 amide bonds. The molecule has 182 valence electrons. The van der Waals surface area contributed by atoms with Gasteiger partial charge in [-0.15, -0.1) is 0 Å². The van der Waals surface area contributed by atoms with Gasteiger partial charge in [0.25, 0.3) is 0 Å². The van der Waals surface area contributed by atoms with Gasteiger partial charge in [0.1, 0.15) is 18.2 Å². The third kappa shape index (κ3) is 6.55. The van der Waals surface area contributed by atoms with Gasteiger partial charge in [0.2, 0.25) is 10.0 Å². The second-order valence-electron chi connectivity index (χ2n) is 7.62. The highest BCUT2D eigenvalue weighted by Gasteiger charge is 2.15. The fraction of sp³-hybridized carbons (Fsp3) is 0.261. The van der Waals surface area contributed by atoms with E-state index in [0.717, 1.165) is 18.7 Å². The largest absolute Gasteiger partial charge is 0.485 e. The van der Waals surface area contributed by atoms with Gasteiger partial charge in [-0.05, 0) is 49.5 Å². The molecule has 0 fully saturated rings. The molecule has 0 saturated heterocycles. The third-order valence-corrected chi connectivity index (χ3v) is 6.82. The summed E-state index contributed by atoms with van der Waals surface area (Å²) in [5.74, 6) is -1.32. The van der Waals surface area contributed by atoms with E-state index in [-0.39, 0.29) is 34.5 Å². The number of aromatic nitrogens is 1. The van der Waals surface area contributed by atoms with Crippen molar-refractivity contribution in [3.63, 3.8) is 0 Å². The van der Waals surface area contributed by atoms with E-state index in [2.05, 4.69) is 9.71 Å². The van der Waals surface area contributed by atoms with Gasteiger partial charge in [0, 0.05) is 29.6 Å². The standard InChI is InChI=1S/C23H25ClF2N4O3S/c1-3-30(2)9-10-34(31,32)29-17-6-4-5-15(11-17)16-12-21(23(27)28-13-16)33-14-18-19(25)7-8-20(26)22(18)24/h4-8,11-13,29H,3,9-10,14H2,1-2H3,(H2,27,28). The summed E-state index contributed by atoms with van der Waals surface area (Å²) in [5, 5.41) is -0.368. The Morgan fingerprint density at radius 2 is 1.88 bits per heavy atom. The normalized spacial score (nSPS) is 11.6. The topological polar surface area (TPSA) is 97.6 Å². The molecule has 1 aromatic heterocycles. The number of nitrogens with one attached hydrogen (secondary N) is 1. The van der Waals surface area contributed by atoms with Crippen LogP contribution in [-0.2, 0) is 16.6 Å². The second kappa shape index (κ2) is 11.0. The lowest BCUT2D eigenvalue weighted by Crippen LogP contribution is -2.28. The van der Waals surface area contributed by atoms with E-state index in [1.165, 1.54) is 6.20 Å². The molecule has 0 aliphatic rings. The number of rotatable bonds is 10. The molecular formula is C23H25ClF2N4O3S. The van der Waals surface area contributed by atoms with Crippen molar-refractivity contribution in [1.82, 2.24) is 9.88 Å². The fourth-order valence-electron chi connectivity index (χ4n) is 3.01. The SMILES string of the molecule is CCN(C)CCS(=O)(=O)Nc1cccc(-c2cnc(N)c(OCc3c(F)ccc(F)c3Cl)c2)c1. The average Bonchev–Trinajstić information content (AvgIpc) is 2.81. The molecule has 0 aliphatic heterocycles. The third-order valence-electron chi connectivity index (χ3n) is 5.14. The van der Waals surface area contributed by atoms with E-state index in [1.54, 1.807) is 30.3 Å².